The molecule has 0 saturated heterocycles. The minimum absolute atomic E-state index is 0.339. The fourth-order valence-electron chi connectivity index (χ4n) is 1.85. The van der Waals surface area contributed by atoms with Gasteiger partial charge in [-0.25, -0.2) is 0 Å². The number of benzene rings is 1. The van der Waals surface area contributed by atoms with E-state index in [0.29, 0.717) is 12.0 Å². The molecule has 14 heavy (non-hydrogen) atoms. The summed E-state index contributed by atoms with van der Waals surface area (Å²) in [6.45, 7) is 4.24. The number of methoxy groups -OCH3 is 1. The molecule has 1 fully saturated rings. The van der Waals surface area contributed by atoms with Crippen LogP contribution in [-0.2, 0) is 0 Å². The van der Waals surface area contributed by atoms with E-state index in [4.69, 9.17) is 10.5 Å². The van der Waals surface area contributed by atoms with Crippen molar-refractivity contribution in [1.29, 1.82) is 0 Å². The second kappa shape index (κ2) is 3.28. The third-order valence-corrected chi connectivity index (χ3v) is 3.09. The van der Waals surface area contributed by atoms with E-state index in [-0.39, 0.29) is 0 Å². The lowest BCUT2D eigenvalue weighted by Crippen LogP contribution is -2.03. The Balaban J connectivity index is 2.42. The smallest absolute Gasteiger partial charge is 0.122 e. The first-order valence-corrected chi connectivity index (χ1v) is 5.04. The van der Waals surface area contributed by atoms with Gasteiger partial charge in [0.2, 0.25) is 0 Å². The summed E-state index contributed by atoms with van der Waals surface area (Å²) in [5.41, 5.74) is 9.73. The van der Waals surface area contributed by atoms with Crippen molar-refractivity contribution in [2.75, 3.05) is 7.11 Å². The molecular weight excluding hydrogens is 174 g/mol. The second-order valence-corrected chi connectivity index (χ2v) is 4.18. The molecule has 0 aliphatic heterocycles. The largest absolute Gasteiger partial charge is 0.496 e. The SMILES string of the molecule is COc1cc(C)c(C)cc1C1CC1N. The Hall–Kier alpha value is -1.02. The second-order valence-electron chi connectivity index (χ2n) is 4.18. The minimum atomic E-state index is 0.339. The quantitative estimate of drug-likeness (QED) is 0.777. The van der Waals surface area contributed by atoms with Gasteiger partial charge in [0.05, 0.1) is 7.11 Å². The molecule has 0 amide bonds. The van der Waals surface area contributed by atoms with Crippen LogP contribution >= 0.6 is 0 Å². The molecule has 2 unspecified atom stereocenters. The van der Waals surface area contributed by atoms with E-state index in [1.807, 2.05) is 0 Å². The van der Waals surface area contributed by atoms with Crippen molar-refractivity contribution in [3.63, 3.8) is 0 Å². The third kappa shape index (κ3) is 1.50. The molecule has 0 aromatic heterocycles. The summed E-state index contributed by atoms with van der Waals surface area (Å²) in [6.07, 6.45) is 1.10. The molecule has 1 aliphatic rings. The maximum Gasteiger partial charge on any atom is 0.122 e. The molecule has 1 aromatic carbocycles. The van der Waals surface area contributed by atoms with E-state index < -0.39 is 0 Å². The highest BCUT2D eigenvalue weighted by Gasteiger charge is 2.37. The molecule has 1 aromatic rings. The van der Waals surface area contributed by atoms with E-state index in [0.717, 1.165) is 12.2 Å². The Morgan fingerprint density at radius 2 is 1.86 bits per heavy atom. The average molecular weight is 191 g/mol. The topological polar surface area (TPSA) is 35.2 Å². The van der Waals surface area contributed by atoms with Gasteiger partial charge in [-0.3, -0.25) is 0 Å². The van der Waals surface area contributed by atoms with Crippen LogP contribution in [-0.4, -0.2) is 13.2 Å². The van der Waals surface area contributed by atoms with Crippen LogP contribution in [0.2, 0.25) is 0 Å². The zero-order valence-electron chi connectivity index (χ0n) is 9.00. The van der Waals surface area contributed by atoms with Crippen molar-refractivity contribution in [2.24, 2.45) is 5.73 Å². The van der Waals surface area contributed by atoms with Crippen LogP contribution in [0.4, 0.5) is 0 Å². The van der Waals surface area contributed by atoms with E-state index in [1.165, 1.54) is 16.7 Å². The van der Waals surface area contributed by atoms with Crippen LogP contribution in [0.1, 0.15) is 29.0 Å². The number of rotatable bonds is 2. The van der Waals surface area contributed by atoms with Crippen molar-refractivity contribution in [3.8, 4) is 5.75 Å². The van der Waals surface area contributed by atoms with Gasteiger partial charge in [-0.2, -0.15) is 0 Å². The molecule has 0 spiro atoms. The number of hydrogen-bond acceptors (Lipinski definition) is 2. The molecule has 1 saturated carbocycles. The van der Waals surface area contributed by atoms with Gasteiger partial charge in [-0.05, 0) is 43.0 Å². The molecule has 1 aliphatic carbocycles. The normalized spacial score (nSPS) is 24.9. The van der Waals surface area contributed by atoms with Crippen molar-refractivity contribution in [1.82, 2.24) is 0 Å². The first kappa shape index (κ1) is 9.53. The molecule has 2 heteroatoms. The highest BCUT2D eigenvalue weighted by atomic mass is 16.5. The van der Waals surface area contributed by atoms with Crippen molar-refractivity contribution in [2.45, 2.75) is 32.2 Å². The van der Waals surface area contributed by atoms with Crippen LogP contribution in [0.5, 0.6) is 5.75 Å². The summed E-state index contributed by atoms with van der Waals surface area (Å²) >= 11 is 0. The Morgan fingerprint density at radius 1 is 1.29 bits per heavy atom. The Morgan fingerprint density at radius 3 is 2.36 bits per heavy atom. The fourth-order valence-corrected chi connectivity index (χ4v) is 1.85. The van der Waals surface area contributed by atoms with Gasteiger partial charge < -0.3 is 10.5 Å². The summed E-state index contributed by atoms with van der Waals surface area (Å²) in [7, 11) is 1.72. The molecular formula is C12H17NO. The lowest BCUT2D eigenvalue weighted by atomic mass is 10.0. The van der Waals surface area contributed by atoms with Crippen molar-refractivity contribution < 1.29 is 4.74 Å². The molecule has 0 radical (unpaired) electrons. The lowest BCUT2D eigenvalue weighted by Gasteiger charge is -2.11. The Bertz CT molecular complexity index is 360. The molecule has 0 heterocycles. The van der Waals surface area contributed by atoms with E-state index in [9.17, 15) is 0 Å². The van der Waals surface area contributed by atoms with Gasteiger partial charge >= 0.3 is 0 Å². The predicted octanol–water partition coefficient (Wildman–Crippen LogP) is 2.13. The van der Waals surface area contributed by atoms with Gasteiger partial charge in [0.1, 0.15) is 5.75 Å². The molecule has 2 atom stereocenters. The van der Waals surface area contributed by atoms with Crippen LogP contribution in [0.3, 0.4) is 0 Å². The van der Waals surface area contributed by atoms with Crippen molar-refractivity contribution in [3.05, 3.63) is 28.8 Å². The molecule has 2 N–H and O–H groups in total. The average Bonchev–Trinajstić information content (AvgIpc) is 2.87. The van der Waals surface area contributed by atoms with E-state index in [1.54, 1.807) is 7.11 Å². The summed E-state index contributed by atoms with van der Waals surface area (Å²) in [6, 6.07) is 4.66. The van der Waals surface area contributed by atoms with Gasteiger partial charge in [-0.15, -0.1) is 0 Å². The zero-order chi connectivity index (χ0) is 10.3. The minimum Gasteiger partial charge on any atom is -0.496 e. The van der Waals surface area contributed by atoms with Crippen LogP contribution in [0.15, 0.2) is 12.1 Å². The lowest BCUT2D eigenvalue weighted by molar-refractivity contribution is 0.409. The van der Waals surface area contributed by atoms with Gasteiger partial charge in [0.25, 0.3) is 0 Å². The highest BCUT2D eigenvalue weighted by molar-refractivity contribution is 5.46. The van der Waals surface area contributed by atoms with Crippen LogP contribution in [0, 0.1) is 13.8 Å². The summed E-state index contributed by atoms with van der Waals surface area (Å²) in [4.78, 5) is 0. The maximum absolute atomic E-state index is 5.85. The molecule has 2 nitrogen and oxygen atoms in total. The number of aryl methyl sites for hydroxylation is 2. The molecule has 76 valence electrons. The maximum atomic E-state index is 5.85. The number of nitrogens with two attached hydrogens (primary N) is 1. The molecule has 0 bridgehead atoms. The van der Waals surface area contributed by atoms with Crippen LogP contribution < -0.4 is 10.5 Å². The fraction of sp³-hybridized carbons (Fsp3) is 0.500. The summed E-state index contributed by atoms with van der Waals surface area (Å²) in [5.74, 6) is 1.51. The monoisotopic (exact) mass is 191 g/mol. The summed E-state index contributed by atoms with van der Waals surface area (Å²) in [5, 5.41) is 0. The van der Waals surface area contributed by atoms with Gasteiger partial charge in [0, 0.05) is 12.0 Å². The van der Waals surface area contributed by atoms with Crippen LogP contribution in [0.25, 0.3) is 0 Å². The highest BCUT2D eigenvalue weighted by Crippen LogP contribution is 2.44. The first-order chi connectivity index (χ1) is 6.63. The van der Waals surface area contributed by atoms with Gasteiger partial charge in [0.15, 0.2) is 0 Å². The van der Waals surface area contributed by atoms with Gasteiger partial charge in [-0.1, -0.05) is 6.07 Å². The first-order valence-electron chi connectivity index (χ1n) is 5.04. The number of hydrogen-bond donors (Lipinski definition) is 1. The van der Waals surface area contributed by atoms with E-state index >= 15 is 0 Å². The van der Waals surface area contributed by atoms with E-state index in [2.05, 4.69) is 26.0 Å². The standard InChI is InChI=1S/C12H17NO/c1-7-4-10(9-6-11(9)13)12(14-3)5-8(7)2/h4-5,9,11H,6,13H2,1-3H3. The van der Waals surface area contributed by atoms with Crippen molar-refractivity contribution >= 4 is 0 Å². The summed E-state index contributed by atoms with van der Waals surface area (Å²) < 4.78 is 5.38. The Labute approximate surface area is 85.1 Å². The molecule has 2 rings (SSSR count). The third-order valence-electron chi connectivity index (χ3n) is 3.09. The predicted molar refractivity (Wildman–Crippen MR) is 57.8 cm³/mol. The number of ether oxygens (including phenoxy) is 1. The zero-order valence-corrected chi connectivity index (χ0v) is 9.00. The Kier molecular flexibility index (Phi) is 2.23.